The van der Waals surface area contributed by atoms with Crippen LogP contribution < -0.4 is 4.90 Å². The highest BCUT2D eigenvalue weighted by atomic mass is 32.1. The van der Waals surface area contributed by atoms with E-state index in [0.29, 0.717) is 6.61 Å². The Morgan fingerprint density at radius 1 is 0.811 bits per heavy atom. The molecule has 2 heterocycles. The largest absolute Gasteiger partial charge is 0.396 e. The average molecular weight is 528 g/mol. The Morgan fingerprint density at radius 3 is 2.16 bits per heavy atom. The summed E-state index contributed by atoms with van der Waals surface area (Å²) in [7, 11) is 0. The first-order chi connectivity index (χ1) is 17.7. The fourth-order valence-corrected chi connectivity index (χ4v) is 7.16. The highest BCUT2D eigenvalue weighted by Crippen LogP contribution is 2.47. The maximum absolute atomic E-state index is 9.55. The van der Waals surface area contributed by atoms with Gasteiger partial charge in [0.25, 0.3) is 0 Å². The van der Waals surface area contributed by atoms with Crippen molar-refractivity contribution in [3.63, 3.8) is 0 Å². The molecule has 1 aromatic heterocycles. The van der Waals surface area contributed by atoms with Gasteiger partial charge in [-0.15, -0.1) is 11.3 Å². The first-order valence-electron chi connectivity index (χ1n) is 14.6. The van der Waals surface area contributed by atoms with Crippen molar-refractivity contribution >= 4 is 16.5 Å². The normalized spacial score (nSPS) is 19.2. The van der Waals surface area contributed by atoms with Gasteiger partial charge >= 0.3 is 0 Å². The molecular formula is C31H49N3O2S. The van der Waals surface area contributed by atoms with Crippen LogP contribution in [0.4, 0.5) is 5.13 Å². The minimum absolute atomic E-state index is 0.181. The molecule has 2 aliphatic rings. The number of hydrogen-bond donors (Lipinski definition) is 2. The molecule has 4 rings (SSSR count). The number of aliphatic hydroxyl groups excluding tert-OH is 2. The molecule has 2 N–H and O–H groups in total. The van der Waals surface area contributed by atoms with Gasteiger partial charge in [0.15, 0.2) is 5.13 Å². The molecule has 1 aliphatic heterocycles. The van der Waals surface area contributed by atoms with E-state index in [1.165, 1.54) is 60.2 Å². The van der Waals surface area contributed by atoms with Crippen molar-refractivity contribution in [2.24, 2.45) is 0 Å². The Hall–Kier alpha value is -1.47. The maximum Gasteiger partial charge on any atom is 0.186 e. The lowest BCUT2D eigenvalue weighted by atomic mass is 9.63. The van der Waals surface area contributed by atoms with E-state index in [1.807, 2.05) is 11.3 Å². The van der Waals surface area contributed by atoms with Crippen LogP contribution in [0.3, 0.4) is 0 Å². The van der Waals surface area contributed by atoms with Gasteiger partial charge in [0.2, 0.25) is 0 Å². The first-order valence-corrected chi connectivity index (χ1v) is 15.4. The highest BCUT2D eigenvalue weighted by molar-refractivity contribution is 7.16. The highest BCUT2D eigenvalue weighted by Gasteiger charge is 2.37. The maximum atomic E-state index is 9.55. The van der Waals surface area contributed by atoms with Crippen LogP contribution >= 0.6 is 11.3 Å². The molecular weight excluding hydrogens is 478 g/mol. The van der Waals surface area contributed by atoms with Crippen molar-refractivity contribution in [1.29, 1.82) is 0 Å². The molecule has 0 amide bonds. The summed E-state index contributed by atoms with van der Waals surface area (Å²) in [6, 6.07) is 7.08. The number of hydrogen-bond acceptors (Lipinski definition) is 6. The van der Waals surface area contributed by atoms with Crippen molar-refractivity contribution in [1.82, 2.24) is 9.88 Å². The van der Waals surface area contributed by atoms with Gasteiger partial charge in [-0.2, -0.15) is 0 Å². The fraction of sp³-hybridized carbons (Fsp3) is 0.710. The Morgan fingerprint density at radius 2 is 1.46 bits per heavy atom. The number of unbranched alkanes of at least 4 members (excludes halogenated alkanes) is 4. The summed E-state index contributed by atoms with van der Waals surface area (Å²) in [5, 5.41) is 19.6. The molecule has 1 aromatic carbocycles. The molecule has 0 saturated carbocycles. The smallest absolute Gasteiger partial charge is 0.186 e. The second-order valence-electron chi connectivity index (χ2n) is 12.4. The van der Waals surface area contributed by atoms with Crippen molar-refractivity contribution < 1.29 is 10.2 Å². The van der Waals surface area contributed by atoms with Crippen LogP contribution in [0.2, 0.25) is 0 Å². The monoisotopic (exact) mass is 527 g/mol. The number of nitrogens with zero attached hydrogens (tertiary/aromatic N) is 3. The second kappa shape index (κ2) is 12.6. The number of thiazole rings is 1. The average Bonchev–Trinajstić information content (AvgIpc) is 3.32. The molecule has 0 bridgehead atoms. The van der Waals surface area contributed by atoms with Gasteiger partial charge in [-0.05, 0) is 73.1 Å². The number of anilines is 1. The molecule has 0 radical (unpaired) electrons. The molecule has 206 valence electrons. The predicted molar refractivity (Wildman–Crippen MR) is 157 cm³/mol. The van der Waals surface area contributed by atoms with Crippen LogP contribution in [-0.4, -0.2) is 66.0 Å². The summed E-state index contributed by atoms with van der Waals surface area (Å²) in [5.41, 5.74) is 5.73. The van der Waals surface area contributed by atoms with Gasteiger partial charge in [-0.3, -0.25) is 4.90 Å². The van der Waals surface area contributed by atoms with Crippen molar-refractivity contribution in [2.75, 3.05) is 50.8 Å². The number of aryl methyl sites for hydroxylation is 1. The van der Waals surface area contributed by atoms with Gasteiger partial charge in [0, 0.05) is 49.8 Å². The molecule has 1 aliphatic carbocycles. The van der Waals surface area contributed by atoms with Crippen molar-refractivity contribution in [2.45, 2.75) is 96.3 Å². The standard InChI is InChI=1S/C31H49N3O2S/c1-30(2)14-15-31(3,4)26-23-24(12-13-25(26)30)28-27(11-10-22-36)37-29(32-28)34-19-17-33(18-20-34)16-8-6-5-7-9-21-35/h12-13,23,35-36H,5-11,14-22H2,1-4H3. The summed E-state index contributed by atoms with van der Waals surface area (Å²) in [5.74, 6) is 0. The van der Waals surface area contributed by atoms with E-state index in [9.17, 15) is 5.11 Å². The first kappa shape index (κ1) is 28.5. The van der Waals surface area contributed by atoms with Crippen LogP contribution in [0.25, 0.3) is 11.3 Å². The van der Waals surface area contributed by atoms with Gasteiger partial charge in [0.1, 0.15) is 0 Å². The number of piperazine rings is 1. The molecule has 2 aromatic rings. The lowest BCUT2D eigenvalue weighted by Crippen LogP contribution is -2.46. The lowest BCUT2D eigenvalue weighted by Gasteiger charge is -2.42. The number of fused-ring (bicyclic) bond motifs is 1. The quantitative estimate of drug-likeness (QED) is 0.324. The molecule has 0 spiro atoms. The second-order valence-corrected chi connectivity index (χ2v) is 13.5. The Kier molecular flexibility index (Phi) is 9.71. The van der Waals surface area contributed by atoms with E-state index >= 15 is 0 Å². The molecule has 0 unspecified atom stereocenters. The van der Waals surface area contributed by atoms with E-state index in [2.05, 4.69) is 55.7 Å². The van der Waals surface area contributed by atoms with E-state index in [-0.39, 0.29) is 17.4 Å². The minimum Gasteiger partial charge on any atom is -0.396 e. The minimum atomic E-state index is 0.181. The lowest BCUT2D eigenvalue weighted by molar-refractivity contribution is 0.250. The van der Waals surface area contributed by atoms with Gasteiger partial charge in [0.05, 0.1) is 5.69 Å². The van der Waals surface area contributed by atoms with Crippen LogP contribution in [-0.2, 0) is 17.3 Å². The number of benzene rings is 1. The van der Waals surface area contributed by atoms with Crippen molar-refractivity contribution in [3.05, 3.63) is 34.2 Å². The summed E-state index contributed by atoms with van der Waals surface area (Å²) in [4.78, 5) is 11.6. The third-order valence-electron chi connectivity index (χ3n) is 8.65. The zero-order chi connectivity index (χ0) is 26.5. The number of rotatable bonds is 12. The van der Waals surface area contributed by atoms with Crippen LogP contribution in [0.15, 0.2) is 18.2 Å². The Bertz CT molecular complexity index is 1010. The zero-order valence-corrected chi connectivity index (χ0v) is 24.5. The van der Waals surface area contributed by atoms with E-state index in [1.54, 1.807) is 0 Å². The van der Waals surface area contributed by atoms with E-state index in [4.69, 9.17) is 10.1 Å². The Labute approximate surface area is 228 Å². The summed E-state index contributed by atoms with van der Waals surface area (Å²) < 4.78 is 0. The predicted octanol–water partition coefficient (Wildman–Crippen LogP) is 6.15. The number of aliphatic hydroxyl groups is 2. The third kappa shape index (κ3) is 6.95. The SMILES string of the molecule is CC1(C)CCC(C)(C)c2cc(-c3nc(N4CCN(CCCCCCCO)CC4)sc3CCCO)ccc21. The summed E-state index contributed by atoms with van der Waals surface area (Å²) in [6.45, 7) is 15.5. The molecule has 0 atom stereocenters. The molecule has 1 saturated heterocycles. The van der Waals surface area contributed by atoms with Crippen LogP contribution in [0, 0.1) is 0 Å². The molecule has 37 heavy (non-hydrogen) atoms. The van der Waals surface area contributed by atoms with Gasteiger partial charge < -0.3 is 15.1 Å². The molecule has 5 nitrogen and oxygen atoms in total. The van der Waals surface area contributed by atoms with Crippen LogP contribution in [0.5, 0.6) is 0 Å². The molecule has 6 heteroatoms. The topological polar surface area (TPSA) is 59.8 Å². The third-order valence-corrected chi connectivity index (χ3v) is 9.83. The molecule has 1 fully saturated rings. The van der Waals surface area contributed by atoms with E-state index < -0.39 is 0 Å². The van der Waals surface area contributed by atoms with Crippen LogP contribution in [0.1, 0.15) is 95.1 Å². The van der Waals surface area contributed by atoms with Crippen molar-refractivity contribution in [3.8, 4) is 11.3 Å². The zero-order valence-electron chi connectivity index (χ0n) is 23.7. The van der Waals surface area contributed by atoms with E-state index in [0.717, 1.165) is 62.7 Å². The Balaban J connectivity index is 1.47. The van der Waals surface area contributed by atoms with Gasteiger partial charge in [-0.25, -0.2) is 4.98 Å². The number of aromatic nitrogens is 1. The van der Waals surface area contributed by atoms with Gasteiger partial charge in [-0.1, -0.05) is 59.1 Å². The summed E-state index contributed by atoms with van der Waals surface area (Å²) >= 11 is 1.83. The summed E-state index contributed by atoms with van der Waals surface area (Å²) in [6.07, 6.45) is 9.94. The fourth-order valence-electron chi connectivity index (χ4n) is 5.99.